The molecule has 0 aliphatic carbocycles. The summed E-state index contributed by atoms with van der Waals surface area (Å²) < 4.78 is 5.87. The van der Waals surface area contributed by atoms with Gasteiger partial charge in [-0.15, -0.1) is 0 Å². The number of nitrogens with two attached hydrogens (primary N) is 1. The molecule has 1 aliphatic rings. The summed E-state index contributed by atoms with van der Waals surface area (Å²) in [6.45, 7) is 9.89. The summed E-state index contributed by atoms with van der Waals surface area (Å²) in [6.07, 6.45) is 7.96. The fourth-order valence-corrected chi connectivity index (χ4v) is 2.73. The fourth-order valence-electron chi connectivity index (χ4n) is 2.73. The number of hydrogen-bond donors (Lipinski definition) is 1. The van der Waals surface area contributed by atoms with Crippen molar-refractivity contribution in [1.82, 2.24) is 4.90 Å². The third kappa shape index (κ3) is 6.72. The second-order valence-electron chi connectivity index (χ2n) is 5.76. The van der Waals surface area contributed by atoms with Gasteiger partial charge in [0.05, 0.1) is 6.10 Å². The van der Waals surface area contributed by atoms with Crippen LogP contribution in [0, 0.1) is 5.92 Å². The number of piperidine rings is 1. The topological polar surface area (TPSA) is 38.5 Å². The number of nitrogens with zero attached hydrogens (tertiary/aromatic N) is 1. The van der Waals surface area contributed by atoms with Gasteiger partial charge in [0.25, 0.3) is 0 Å². The highest BCUT2D eigenvalue weighted by molar-refractivity contribution is 4.73. The van der Waals surface area contributed by atoms with Crippen LogP contribution in [-0.2, 0) is 4.74 Å². The van der Waals surface area contributed by atoms with Crippen molar-refractivity contribution < 1.29 is 4.74 Å². The van der Waals surface area contributed by atoms with Crippen LogP contribution in [0.2, 0.25) is 0 Å². The molecule has 0 aromatic carbocycles. The molecule has 1 aliphatic heterocycles. The quantitative estimate of drug-likeness (QED) is 0.689. The zero-order chi connectivity index (χ0) is 13.2. The van der Waals surface area contributed by atoms with Crippen LogP contribution in [0.3, 0.4) is 0 Å². The standard InChI is InChI=1S/C15H32N2O/c1-3-12-18-15-7-5-11-17(13-15)10-4-6-14(2)8-9-16/h14-15H,3-13,16H2,1-2H3. The van der Waals surface area contributed by atoms with E-state index in [1.165, 1.54) is 45.2 Å². The molecular formula is C15H32N2O. The van der Waals surface area contributed by atoms with Gasteiger partial charge < -0.3 is 15.4 Å². The molecule has 1 rings (SSSR count). The van der Waals surface area contributed by atoms with Crippen LogP contribution in [0.5, 0.6) is 0 Å². The van der Waals surface area contributed by atoms with Gasteiger partial charge in [-0.05, 0) is 64.1 Å². The zero-order valence-corrected chi connectivity index (χ0v) is 12.4. The third-order valence-corrected chi connectivity index (χ3v) is 3.85. The Bertz CT molecular complexity index is 199. The maximum atomic E-state index is 5.87. The SMILES string of the molecule is CCCOC1CCCN(CCCC(C)CCN)C1. The molecule has 3 nitrogen and oxygen atoms in total. The predicted molar refractivity (Wildman–Crippen MR) is 77.8 cm³/mol. The summed E-state index contributed by atoms with van der Waals surface area (Å²) in [5.41, 5.74) is 5.58. The highest BCUT2D eigenvalue weighted by atomic mass is 16.5. The third-order valence-electron chi connectivity index (χ3n) is 3.85. The van der Waals surface area contributed by atoms with Crippen LogP contribution in [0.4, 0.5) is 0 Å². The molecule has 18 heavy (non-hydrogen) atoms. The highest BCUT2D eigenvalue weighted by Gasteiger charge is 2.19. The van der Waals surface area contributed by atoms with Crippen LogP contribution in [0.25, 0.3) is 0 Å². The minimum Gasteiger partial charge on any atom is -0.377 e. The first-order valence-corrected chi connectivity index (χ1v) is 7.80. The van der Waals surface area contributed by atoms with Gasteiger partial charge in [0.1, 0.15) is 0 Å². The van der Waals surface area contributed by atoms with Gasteiger partial charge in [-0.3, -0.25) is 0 Å². The van der Waals surface area contributed by atoms with Crippen molar-refractivity contribution in [3.05, 3.63) is 0 Å². The Kier molecular flexibility index (Phi) is 8.64. The molecule has 2 N–H and O–H groups in total. The normalized spacial score (nSPS) is 23.2. The van der Waals surface area contributed by atoms with E-state index in [9.17, 15) is 0 Å². The van der Waals surface area contributed by atoms with E-state index >= 15 is 0 Å². The van der Waals surface area contributed by atoms with Gasteiger partial charge in [0.15, 0.2) is 0 Å². The molecule has 108 valence electrons. The summed E-state index contributed by atoms with van der Waals surface area (Å²) in [4.78, 5) is 2.58. The van der Waals surface area contributed by atoms with Gasteiger partial charge in [0.2, 0.25) is 0 Å². The van der Waals surface area contributed by atoms with Gasteiger partial charge in [-0.1, -0.05) is 13.8 Å². The summed E-state index contributed by atoms with van der Waals surface area (Å²) in [5.74, 6) is 0.784. The van der Waals surface area contributed by atoms with Crippen LogP contribution in [-0.4, -0.2) is 43.8 Å². The first-order valence-electron chi connectivity index (χ1n) is 7.80. The molecule has 0 bridgehead atoms. The Balaban J connectivity index is 2.10. The molecule has 0 spiro atoms. The maximum Gasteiger partial charge on any atom is 0.0702 e. The Hall–Kier alpha value is -0.120. The van der Waals surface area contributed by atoms with E-state index in [2.05, 4.69) is 18.7 Å². The number of hydrogen-bond acceptors (Lipinski definition) is 3. The minimum absolute atomic E-state index is 0.486. The van der Waals surface area contributed by atoms with Gasteiger partial charge >= 0.3 is 0 Å². The first-order chi connectivity index (χ1) is 8.76. The highest BCUT2D eigenvalue weighted by Crippen LogP contribution is 2.15. The Morgan fingerprint density at radius 2 is 2.22 bits per heavy atom. The van der Waals surface area contributed by atoms with Crippen molar-refractivity contribution in [2.24, 2.45) is 11.7 Å². The number of ether oxygens (including phenoxy) is 1. The summed E-state index contributed by atoms with van der Waals surface area (Å²) in [5, 5.41) is 0. The average Bonchev–Trinajstić information content (AvgIpc) is 2.37. The molecule has 0 amide bonds. The largest absolute Gasteiger partial charge is 0.377 e. The molecule has 0 aromatic heterocycles. The van der Waals surface area contributed by atoms with E-state index in [4.69, 9.17) is 10.5 Å². The smallest absolute Gasteiger partial charge is 0.0702 e. The van der Waals surface area contributed by atoms with Gasteiger partial charge in [-0.25, -0.2) is 0 Å². The molecule has 1 heterocycles. The lowest BCUT2D eigenvalue weighted by molar-refractivity contribution is -0.000549. The minimum atomic E-state index is 0.486. The molecule has 3 heteroatoms. The molecule has 2 atom stereocenters. The van der Waals surface area contributed by atoms with E-state index in [1.807, 2.05) is 0 Å². The molecule has 1 fully saturated rings. The molecule has 1 saturated heterocycles. The second-order valence-corrected chi connectivity index (χ2v) is 5.76. The fraction of sp³-hybridized carbons (Fsp3) is 1.00. The van der Waals surface area contributed by atoms with Gasteiger partial charge in [0, 0.05) is 13.2 Å². The molecular weight excluding hydrogens is 224 g/mol. The van der Waals surface area contributed by atoms with E-state index < -0.39 is 0 Å². The van der Waals surface area contributed by atoms with Crippen LogP contribution in [0.15, 0.2) is 0 Å². The predicted octanol–water partition coefficient (Wildman–Crippen LogP) is 2.64. The zero-order valence-electron chi connectivity index (χ0n) is 12.4. The van der Waals surface area contributed by atoms with Gasteiger partial charge in [-0.2, -0.15) is 0 Å². The Morgan fingerprint density at radius 1 is 1.39 bits per heavy atom. The molecule has 0 radical (unpaired) electrons. The maximum absolute atomic E-state index is 5.87. The Labute approximate surface area is 113 Å². The summed E-state index contributed by atoms with van der Waals surface area (Å²) in [7, 11) is 0. The summed E-state index contributed by atoms with van der Waals surface area (Å²) in [6, 6.07) is 0. The van der Waals surface area contributed by atoms with E-state index in [0.29, 0.717) is 6.10 Å². The lowest BCUT2D eigenvalue weighted by Crippen LogP contribution is -2.40. The number of likely N-dealkylation sites (tertiary alicyclic amines) is 1. The van der Waals surface area contributed by atoms with Crippen molar-refractivity contribution in [1.29, 1.82) is 0 Å². The van der Waals surface area contributed by atoms with E-state index in [-0.39, 0.29) is 0 Å². The van der Waals surface area contributed by atoms with Crippen molar-refractivity contribution in [2.45, 2.75) is 58.5 Å². The Morgan fingerprint density at radius 3 is 2.94 bits per heavy atom. The van der Waals surface area contributed by atoms with Crippen molar-refractivity contribution in [2.75, 3.05) is 32.8 Å². The second kappa shape index (κ2) is 9.76. The van der Waals surface area contributed by atoms with Crippen LogP contribution >= 0.6 is 0 Å². The monoisotopic (exact) mass is 256 g/mol. The lowest BCUT2D eigenvalue weighted by Gasteiger charge is -2.32. The number of rotatable bonds is 9. The van der Waals surface area contributed by atoms with Crippen molar-refractivity contribution in [3.63, 3.8) is 0 Å². The van der Waals surface area contributed by atoms with E-state index in [1.54, 1.807) is 0 Å². The first kappa shape index (κ1) is 15.9. The lowest BCUT2D eigenvalue weighted by atomic mass is 10.0. The van der Waals surface area contributed by atoms with Crippen molar-refractivity contribution in [3.8, 4) is 0 Å². The average molecular weight is 256 g/mol. The molecule has 0 saturated carbocycles. The molecule has 0 aromatic rings. The summed E-state index contributed by atoms with van der Waals surface area (Å²) >= 11 is 0. The van der Waals surface area contributed by atoms with E-state index in [0.717, 1.165) is 32.0 Å². The van der Waals surface area contributed by atoms with Crippen molar-refractivity contribution >= 4 is 0 Å². The molecule has 2 unspecified atom stereocenters. The van der Waals surface area contributed by atoms with Crippen LogP contribution in [0.1, 0.15) is 52.4 Å². The van der Waals surface area contributed by atoms with Crippen LogP contribution < -0.4 is 5.73 Å².